The van der Waals surface area contributed by atoms with Gasteiger partial charge < -0.3 is 4.74 Å². The Balaban J connectivity index is 1.17. The number of ether oxygens (including phenoxy) is 1. The van der Waals surface area contributed by atoms with Crippen molar-refractivity contribution in [3.63, 3.8) is 0 Å². The second kappa shape index (κ2) is 17.0. The molecule has 6 aliphatic rings. The van der Waals surface area contributed by atoms with Crippen LogP contribution in [0.2, 0.25) is 23.7 Å². The molecule has 10 atom stereocenters. The van der Waals surface area contributed by atoms with Gasteiger partial charge in [0.1, 0.15) is 0 Å². The van der Waals surface area contributed by atoms with Gasteiger partial charge in [0, 0.05) is 6.61 Å². The summed E-state index contributed by atoms with van der Waals surface area (Å²) in [6.07, 6.45) is 32.2. The highest BCUT2D eigenvalue weighted by Crippen LogP contribution is 2.67. The van der Waals surface area contributed by atoms with Crippen LogP contribution >= 0.6 is 0 Å². The number of hydrogen-bond acceptors (Lipinski definition) is 1. The van der Waals surface area contributed by atoms with E-state index in [1.54, 1.807) is 89.5 Å². The van der Waals surface area contributed by atoms with Crippen LogP contribution in [0.25, 0.3) is 0 Å². The smallest absolute Gasteiger partial charge is 0.0598 e. The minimum Gasteiger partial charge on any atom is -0.376 e. The first-order valence-corrected chi connectivity index (χ1v) is 27.0. The Morgan fingerprint density at radius 3 is 1.54 bits per heavy atom. The summed E-state index contributed by atoms with van der Waals surface area (Å²) >= 11 is 0. The Morgan fingerprint density at radius 2 is 1.00 bits per heavy atom. The third kappa shape index (κ3) is 9.47. The number of fused-ring (bicyclic) bond motifs is 2. The van der Waals surface area contributed by atoms with Crippen LogP contribution in [-0.4, -0.2) is 20.3 Å². The first-order valence-electron chi connectivity index (χ1n) is 24.1. The fraction of sp³-hybridized carbons (Fsp3) is 1.00. The summed E-state index contributed by atoms with van der Waals surface area (Å²) in [4.78, 5) is 0. The fourth-order valence-corrected chi connectivity index (χ4v) is 23.1. The lowest BCUT2D eigenvalue weighted by Gasteiger charge is -2.51. The maximum atomic E-state index is 6.15. The van der Waals surface area contributed by atoms with Crippen LogP contribution < -0.4 is 0 Å². The van der Waals surface area contributed by atoms with Crippen LogP contribution in [0.15, 0.2) is 0 Å². The highest BCUT2D eigenvalue weighted by atomic mass is 28.3. The zero-order chi connectivity index (χ0) is 37.5. The molecule has 0 N–H and O–H groups in total. The van der Waals surface area contributed by atoms with Crippen molar-refractivity contribution in [2.24, 2.45) is 75.9 Å². The molecule has 0 spiro atoms. The van der Waals surface area contributed by atoms with Gasteiger partial charge in [0.15, 0.2) is 0 Å². The number of unbranched alkanes of at least 4 members (excludes halogenated alkanes) is 3. The molecular weight excluding hydrogens is 645 g/mol. The molecule has 0 heterocycles. The minimum atomic E-state index is -1.52. The van der Waals surface area contributed by atoms with Gasteiger partial charge in [0.05, 0.1) is 13.7 Å². The summed E-state index contributed by atoms with van der Waals surface area (Å²) in [6.45, 7) is 28.6. The zero-order valence-corrected chi connectivity index (χ0v) is 38.2. The molecule has 0 aromatic rings. The number of rotatable bonds is 11. The van der Waals surface area contributed by atoms with E-state index in [-0.39, 0.29) is 5.60 Å². The SMILES string of the molecule is CC1CC2C(C3CCC(C(C)(C)C)CC3)CCCC2C1[Si](C)(CCCCCCOC(C)(C)C)C1CCC2C(C3CCC(C(C)(C)C)CC3)CCCC21. The van der Waals surface area contributed by atoms with Crippen molar-refractivity contribution in [3.8, 4) is 0 Å². The summed E-state index contributed by atoms with van der Waals surface area (Å²) in [7, 11) is -1.52. The summed E-state index contributed by atoms with van der Waals surface area (Å²) < 4.78 is 6.15. The molecule has 0 amide bonds. The standard InChI is InChI=1S/C50H92OSi/c1-35-34-45-41(37-24-28-39(29-25-37)49(5,6)7)19-17-21-44(45)47(35)52(11,33-15-13-12-14-32-51-50(8,9)10)46-31-30-42-40(18-16-20-43(42)46)36-22-26-38(27-23-36)48(2,3)4/h35-47H,12-34H2,1-11H3. The normalized spacial score (nSPS) is 41.7. The van der Waals surface area contributed by atoms with E-state index in [2.05, 4.69) is 75.8 Å². The van der Waals surface area contributed by atoms with Crippen molar-refractivity contribution in [3.05, 3.63) is 0 Å². The molecule has 6 aliphatic carbocycles. The van der Waals surface area contributed by atoms with Gasteiger partial charge in [0.2, 0.25) is 0 Å². The van der Waals surface area contributed by atoms with Crippen molar-refractivity contribution < 1.29 is 4.74 Å². The molecule has 0 aromatic heterocycles. The molecular formula is C50H92OSi. The van der Waals surface area contributed by atoms with E-state index in [1.165, 1.54) is 51.4 Å². The van der Waals surface area contributed by atoms with Crippen molar-refractivity contribution in [1.29, 1.82) is 0 Å². The molecule has 2 heteroatoms. The third-order valence-corrected chi connectivity index (χ3v) is 24.7. The predicted octanol–water partition coefficient (Wildman–Crippen LogP) is 15.8. The van der Waals surface area contributed by atoms with Crippen LogP contribution in [0, 0.1) is 75.9 Å². The highest BCUT2D eigenvalue weighted by Gasteiger charge is 2.60. The molecule has 52 heavy (non-hydrogen) atoms. The molecule has 6 saturated carbocycles. The Hall–Kier alpha value is 0.177. The van der Waals surface area contributed by atoms with Crippen molar-refractivity contribution in [2.75, 3.05) is 6.61 Å². The second-order valence-corrected chi connectivity index (χ2v) is 29.3. The van der Waals surface area contributed by atoms with Gasteiger partial charge >= 0.3 is 0 Å². The quantitative estimate of drug-likeness (QED) is 0.152. The van der Waals surface area contributed by atoms with E-state index in [9.17, 15) is 0 Å². The lowest BCUT2D eigenvalue weighted by molar-refractivity contribution is -0.00471. The summed E-state index contributed by atoms with van der Waals surface area (Å²) in [5.41, 5.74) is 3.26. The van der Waals surface area contributed by atoms with Crippen molar-refractivity contribution in [1.82, 2.24) is 0 Å². The molecule has 0 aromatic carbocycles. The van der Waals surface area contributed by atoms with Crippen LogP contribution in [0.4, 0.5) is 0 Å². The predicted molar refractivity (Wildman–Crippen MR) is 230 cm³/mol. The third-order valence-electron chi connectivity index (χ3n) is 18.4. The molecule has 6 rings (SSSR count). The van der Waals surface area contributed by atoms with Crippen LogP contribution in [0.1, 0.15) is 204 Å². The Labute approximate surface area is 327 Å². The molecule has 1 nitrogen and oxygen atoms in total. The van der Waals surface area contributed by atoms with Gasteiger partial charge in [-0.05, 0) is 191 Å². The van der Waals surface area contributed by atoms with E-state index in [0.717, 1.165) is 82.8 Å². The molecule has 10 unspecified atom stereocenters. The summed E-state index contributed by atoms with van der Waals surface area (Å²) in [5, 5.41) is 0. The molecule has 0 aliphatic heterocycles. The first kappa shape index (κ1) is 41.8. The monoisotopic (exact) mass is 737 g/mol. The van der Waals surface area contributed by atoms with Gasteiger partial charge in [-0.25, -0.2) is 0 Å². The Morgan fingerprint density at radius 1 is 0.500 bits per heavy atom. The van der Waals surface area contributed by atoms with Gasteiger partial charge in [-0.1, -0.05) is 112 Å². The van der Waals surface area contributed by atoms with Crippen LogP contribution in [0.3, 0.4) is 0 Å². The van der Waals surface area contributed by atoms with Crippen molar-refractivity contribution >= 4 is 8.07 Å². The number of hydrogen-bond donors (Lipinski definition) is 0. The van der Waals surface area contributed by atoms with E-state index in [4.69, 9.17) is 4.74 Å². The van der Waals surface area contributed by atoms with E-state index >= 15 is 0 Å². The Kier molecular flexibility index (Phi) is 13.6. The summed E-state index contributed by atoms with van der Waals surface area (Å²) in [5.74, 6) is 11.5. The topological polar surface area (TPSA) is 9.23 Å². The largest absolute Gasteiger partial charge is 0.376 e. The average Bonchev–Trinajstić information content (AvgIpc) is 3.68. The molecule has 0 radical (unpaired) electrons. The molecule has 302 valence electrons. The second-order valence-electron chi connectivity index (χ2n) is 24.4. The maximum Gasteiger partial charge on any atom is 0.0598 e. The molecule has 6 fully saturated rings. The first-order chi connectivity index (χ1) is 24.5. The lowest BCUT2D eigenvalue weighted by atomic mass is 9.61. The van der Waals surface area contributed by atoms with Gasteiger partial charge in [-0.15, -0.1) is 0 Å². The molecule has 0 saturated heterocycles. The highest BCUT2D eigenvalue weighted by molar-refractivity contribution is 6.81. The Bertz CT molecular complexity index is 1090. The zero-order valence-electron chi connectivity index (χ0n) is 37.2. The fourth-order valence-electron chi connectivity index (χ4n) is 15.9. The van der Waals surface area contributed by atoms with Crippen LogP contribution in [-0.2, 0) is 4.74 Å². The van der Waals surface area contributed by atoms with E-state index in [1.807, 2.05) is 0 Å². The average molecular weight is 737 g/mol. The van der Waals surface area contributed by atoms with E-state index in [0.29, 0.717) is 10.8 Å². The lowest BCUT2D eigenvalue weighted by Crippen LogP contribution is -2.49. The van der Waals surface area contributed by atoms with Gasteiger partial charge in [-0.3, -0.25) is 0 Å². The molecule has 0 bridgehead atoms. The maximum absolute atomic E-state index is 6.15. The van der Waals surface area contributed by atoms with E-state index < -0.39 is 8.07 Å². The minimum absolute atomic E-state index is 0.00716. The van der Waals surface area contributed by atoms with Gasteiger partial charge in [0.25, 0.3) is 0 Å². The van der Waals surface area contributed by atoms with Gasteiger partial charge in [-0.2, -0.15) is 0 Å². The van der Waals surface area contributed by atoms with Crippen molar-refractivity contribution in [2.45, 2.75) is 233 Å². The van der Waals surface area contributed by atoms with Crippen LogP contribution in [0.5, 0.6) is 0 Å². The summed E-state index contributed by atoms with van der Waals surface area (Å²) in [6, 6.07) is 1.65.